The van der Waals surface area contributed by atoms with Gasteiger partial charge >= 0.3 is 0 Å². The molecule has 1 saturated heterocycles. The van der Waals surface area contributed by atoms with E-state index in [4.69, 9.17) is 4.52 Å². The minimum absolute atomic E-state index is 0.333. The molecule has 6 heteroatoms. The molecular weight excluding hydrogens is 302 g/mol. The molecular formula is C18H27N5O. The van der Waals surface area contributed by atoms with Crippen molar-refractivity contribution in [1.29, 1.82) is 0 Å². The van der Waals surface area contributed by atoms with Crippen molar-refractivity contribution in [3.63, 3.8) is 0 Å². The summed E-state index contributed by atoms with van der Waals surface area (Å²) in [5.74, 6) is 2.04. The summed E-state index contributed by atoms with van der Waals surface area (Å²) in [6.07, 6.45) is 7.22. The maximum absolute atomic E-state index is 5.48. The SMILES string of the molecule is CCCNc1ncc(CN2CCCC2c2cc(C(C)C)on2)cn1. The van der Waals surface area contributed by atoms with Crippen molar-refractivity contribution in [3.8, 4) is 0 Å². The molecule has 0 radical (unpaired) electrons. The first-order chi connectivity index (χ1) is 11.7. The molecule has 2 aromatic rings. The van der Waals surface area contributed by atoms with E-state index in [1.807, 2.05) is 12.4 Å². The Balaban J connectivity index is 1.65. The van der Waals surface area contributed by atoms with Crippen LogP contribution in [0.1, 0.15) is 69.0 Å². The van der Waals surface area contributed by atoms with Crippen molar-refractivity contribution in [2.75, 3.05) is 18.4 Å². The van der Waals surface area contributed by atoms with Gasteiger partial charge in [-0.15, -0.1) is 0 Å². The van der Waals surface area contributed by atoms with E-state index in [0.717, 1.165) is 49.5 Å². The number of hydrogen-bond acceptors (Lipinski definition) is 6. The summed E-state index contributed by atoms with van der Waals surface area (Å²) < 4.78 is 5.48. The first kappa shape index (κ1) is 16.9. The summed E-state index contributed by atoms with van der Waals surface area (Å²) in [7, 11) is 0. The van der Waals surface area contributed by atoms with Gasteiger partial charge in [-0.05, 0) is 25.8 Å². The highest BCUT2D eigenvalue weighted by atomic mass is 16.5. The molecule has 1 aliphatic rings. The third kappa shape index (κ3) is 3.93. The van der Waals surface area contributed by atoms with Crippen molar-refractivity contribution in [2.24, 2.45) is 0 Å². The second-order valence-electron chi connectivity index (χ2n) is 6.78. The van der Waals surface area contributed by atoms with Crippen LogP contribution in [0.4, 0.5) is 5.95 Å². The van der Waals surface area contributed by atoms with Crippen LogP contribution in [0.5, 0.6) is 0 Å². The molecule has 0 aliphatic carbocycles. The fraction of sp³-hybridized carbons (Fsp3) is 0.611. The van der Waals surface area contributed by atoms with Crippen molar-refractivity contribution >= 4 is 5.95 Å². The minimum atomic E-state index is 0.333. The number of rotatable bonds is 7. The lowest BCUT2D eigenvalue weighted by molar-refractivity contribution is 0.235. The van der Waals surface area contributed by atoms with E-state index in [9.17, 15) is 0 Å². The van der Waals surface area contributed by atoms with E-state index in [-0.39, 0.29) is 0 Å². The van der Waals surface area contributed by atoms with E-state index in [1.165, 1.54) is 6.42 Å². The summed E-state index contributed by atoms with van der Waals surface area (Å²) >= 11 is 0. The Morgan fingerprint density at radius 2 is 2.12 bits per heavy atom. The number of nitrogens with zero attached hydrogens (tertiary/aromatic N) is 4. The summed E-state index contributed by atoms with van der Waals surface area (Å²) in [6, 6.07) is 2.45. The normalized spacial score (nSPS) is 18.4. The van der Waals surface area contributed by atoms with E-state index in [0.29, 0.717) is 17.9 Å². The van der Waals surface area contributed by atoms with E-state index in [1.54, 1.807) is 0 Å². The Morgan fingerprint density at radius 1 is 1.33 bits per heavy atom. The monoisotopic (exact) mass is 329 g/mol. The van der Waals surface area contributed by atoms with Crippen LogP contribution in [0.3, 0.4) is 0 Å². The Labute approximate surface area is 143 Å². The molecule has 0 amide bonds. The van der Waals surface area contributed by atoms with Gasteiger partial charge in [-0.3, -0.25) is 4.90 Å². The first-order valence-corrected chi connectivity index (χ1v) is 8.92. The third-order valence-corrected chi connectivity index (χ3v) is 4.44. The average Bonchev–Trinajstić information content (AvgIpc) is 3.23. The van der Waals surface area contributed by atoms with Crippen LogP contribution in [-0.2, 0) is 6.54 Å². The lowest BCUT2D eigenvalue weighted by Gasteiger charge is -2.22. The standard InChI is InChI=1S/C18H27N5O/c1-4-7-19-18-20-10-14(11-21-18)12-23-8-5-6-16(23)15-9-17(13(2)3)24-22-15/h9-11,13,16H,4-8,12H2,1-3H3,(H,19,20,21). The van der Waals surface area contributed by atoms with Gasteiger partial charge in [0.15, 0.2) is 0 Å². The highest BCUT2D eigenvalue weighted by Gasteiger charge is 2.29. The van der Waals surface area contributed by atoms with Crippen LogP contribution < -0.4 is 5.32 Å². The molecule has 0 spiro atoms. The average molecular weight is 329 g/mol. The molecule has 1 fully saturated rings. The molecule has 1 atom stereocenters. The van der Waals surface area contributed by atoms with Gasteiger partial charge in [0.1, 0.15) is 11.5 Å². The Bertz CT molecular complexity index is 637. The number of aromatic nitrogens is 3. The highest BCUT2D eigenvalue weighted by molar-refractivity contribution is 5.24. The van der Waals surface area contributed by atoms with Crippen molar-refractivity contribution in [3.05, 3.63) is 35.5 Å². The van der Waals surface area contributed by atoms with E-state index < -0.39 is 0 Å². The summed E-state index contributed by atoms with van der Waals surface area (Å²) in [5, 5.41) is 7.51. The largest absolute Gasteiger partial charge is 0.361 e. The zero-order valence-electron chi connectivity index (χ0n) is 14.8. The molecule has 3 heterocycles. The second-order valence-corrected chi connectivity index (χ2v) is 6.78. The van der Waals surface area contributed by atoms with Crippen LogP contribution >= 0.6 is 0 Å². The van der Waals surface area contributed by atoms with Crippen molar-refractivity contribution in [1.82, 2.24) is 20.0 Å². The van der Waals surface area contributed by atoms with E-state index in [2.05, 4.69) is 52.2 Å². The summed E-state index contributed by atoms with van der Waals surface area (Å²) in [5.41, 5.74) is 2.19. The zero-order valence-corrected chi connectivity index (χ0v) is 14.8. The summed E-state index contributed by atoms with van der Waals surface area (Å²) in [6.45, 7) is 9.21. The highest BCUT2D eigenvalue weighted by Crippen LogP contribution is 2.33. The van der Waals surface area contributed by atoms with Gasteiger partial charge in [0.2, 0.25) is 5.95 Å². The Hall–Kier alpha value is -1.95. The van der Waals surface area contributed by atoms with Crippen LogP contribution in [0.15, 0.2) is 23.0 Å². The molecule has 130 valence electrons. The number of likely N-dealkylation sites (tertiary alicyclic amines) is 1. The maximum Gasteiger partial charge on any atom is 0.222 e. The van der Waals surface area contributed by atoms with Gasteiger partial charge in [-0.2, -0.15) is 0 Å². The quantitative estimate of drug-likeness (QED) is 0.834. The smallest absolute Gasteiger partial charge is 0.222 e. The molecule has 1 unspecified atom stereocenters. The fourth-order valence-corrected chi connectivity index (χ4v) is 3.08. The predicted octanol–water partition coefficient (Wildman–Crippen LogP) is 3.75. The van der Waals surface area contributed by atoms with Gasteiger partial charge in [-0.25, -0.2) is 9.97 Å². The molecule has 0 aromatic carbocycles. The summed E-state index contributed by atoms with van der Waals surface area (Å²) in [4.78, 5) is 11.2. The number of hydrogen-bond donors (Lipinski definition) is 1. The molecule has 6 nitrogen and oxygen atoms in total. The number of nitrogens with one attached hydrogen (secondary N) is 1. The predicted molar refractivity (Wildman–Crippen MR) is 93.8 cm³/mol. The zero-order chi connectivity index (χ0) is 16.9. The Kier molecular flexibility index (Phi) is 5.45. The van der Waals surface area contributed by atoms with Crippen LogP contribution in [-0.4, -0.2) is 33.1 Å². The van der Waals surface area contributed by atoms with Crippen LogP contribution in [0.2, 0.25) is 0 Å². The molecule has 3 rings (SSSR count). The lowest BCUT2D eigenvalue weighted by atomic mass is 10.1. The fourth-order valence-electron chi connectivity index (χ4n) is 3.08. The molecule has 1 N–H and O–H groups in total. The molecule has 1 aliphatic heterocycles. The van der Waals surface area contributed by atoms with Crippen LogP contribution in [0, 0.1) is 0 Å². The lowest BCUT2D eigenvalue weighted by Crippen LogP contribution is -2.23. The van der Waals surface area contributed by atoms with Gasteiger partial charge in [0, 0.05) is 43.0 Å². The first-order valence-electron chi connectivity index (χ1n) is 8.92. The van der Waals surface area contributed by atoms with Gasteiger partial charge in [-0.1, -0.05) is 25.9 Å². The minimum Gasteiger partial charge on any atom is -0.361 e. The number of anilines is 1. The van der Waals surface area contributed by atoms with Gasteiger partial charge < -0.3 is 9.84 Å². The van der Waals surface area contributed by atoms with Gasteiger partial charge in [0.05, 0.1) is 6.04 Å². The third-order valence-electron chi connectivity index (χ3n) is 4.44. The molecule has 0 bridgehead atoms. The Morgan fingerprint density at radius 3 is 2.79 bits per heavy atom. The van der Waals surface area contributed by atoms with E-state index >= 15 is 0 Å². The molecule has 24 heavy (non-hydrogen) atoms. The second kappa shape index (κ2) is 7.75. The maximum atomic E-state index is 5.48. The molecule has 0 saturated carbocycles. The molecule has 2 aromatic heterocycles. The van der Waals surface area contributed by atoms with Crippen molar-refractivity contribution in [2.45, 2.75) is 58.5 Å². The van der Waals surface area contributed by atoms with Gasteiger partial charge in [0.25, 0.3) is 0 Å². The van der Waals surface area contributed by atoms with Crippen LogP contribution in [0.25, 0.3) is 0 Å². The van der Waals surface area contributed by atoms with Crippen molar-refractivity contribution < 1.29 is 4.52 Å². The topological polar surface area (TPSA) is 67.1 Å².